The predicted octanol–water partition coefficient (Wildman–Crippen LogP) is -0.595. The first kappa shape index (κ1) is 14.5. The summed E-state index contributed by atoms with van der Waals surface area (Å²) in [5, 5.41) is 6.66. The summed E-state index contributed by atoms with van der Waals surface area (Å²) in [4.78, 5) is 25.8. The summed E-state index contributed by atoms with van der Waals surface area (Å²) < 4.78 is 1.62. The number of aromatic nitrogens is 2. The van der Waals surface area contributed by atoms with E-state index in [2.05, 4.69) is 10.4 Å². The van der Waals surface area contributed by atoms with Crippen molar-refractivity contribution in [1.82, 2.24) is 20.0 Å². The number of carbonyl (C=O) groups is 2. The lowest BCUT2D eigenvalue weighted by Gasteiger charge is -2.33. The van der Waals surface area contributed by atoms with Gasteiger partial charge in [0.25, 0.3) is 0 Å². The van der Waals surface area contributed by atoms with Gasteiger partial charge in [-0.25, -0.2) is 0 Å². The Morgan fingerprint density at radius 1 is 1.55 bits per heavy atom. The highest BCUT2D eigenvalue weighted by Crippen LogP contribution is 2.20. The molecule has 0 radical (unpaired) electrons. The fourth-order valence-electron chi connectivity index (χ4n) is 2.54. The lowest BCUT2D eigenvalue weighted by Crippen LogP contribution is -2.47. The van der Waals surface area contributed by atoms with Gasteiger partial charge in [-0.1, -0.05) is 0 Å². The molecule has 1 aromatic rings. The molecule has 1 aliphatic rings. The fourth-order valence-corrected chi connectivity index (χ4v) is 2.54. The summed E-state index contributed by atoms with van der Waals surface area (Å²) in [7, 11) is 3.40. The number of piperidine rings is 1. The molecule has 1 aliphatic heterocycles. The van der Waals surface area contributed by atoms with E-state index >= 15 is 0 Å². The minimum absolute atomic E-state index is 0.0163. The number of rotatable bonds is 3. The van der Waals surface area contributed by atoms with Gasteiger partial charge in [0.2, 0.25) is 11.8 Å². The number of carbonyl (C=O) groups excluding carboxylic acids is 2. The lowest BCUT2D eigenvalue weighted by atomic mass is 9.96. The van der Waals surface area contributed by atoms with Gasteiger partial charge in [-0.2, -0.15) is 5.10 Å². The maximum atomic E-state index is 12.4. The van der Waals surface area contributed by atoms with Crippen molar-refractivity contribution in [2.45, 2.75) is 18.9 Å². The SMILES string of the molecule is CNC(=O)C1CCCN(C(=O)C(N)c2cnn(C)c2)C1. The number of likely N-dealkylation sites (tertiary alicyclic amines) is 1. The highest BCUT2D eigenvalue weighted by atomic mass is 16.2. The zero-order valence-corrected chi connectivity index (χ0v) is 11.9. The Kier molecular flexibility index (Phi) is 4.39. The van der Waals surface area contributed by atoms with Crippen molar-refractivity contribution in [2.75, 3.05) is 20.1 Å². The fraction of sp³-hybridized carbons (Fsp3) is 0.615. The van der Waals surface area contributed by atoms with Crippen LogP contribution in [0.4, 0.5) is 0 Å². The van der Waals surface area contributed by atoms with E-state index in [1.165, 1.54) is 0 Å². The average molecular weight is 279 g/mol. The van der Waals surface area contributed by atoms with Gasteiger partial charge in [-0.15, -0.1) is 0 Å². The highest BCUT2D eigenvalue weighted by Gasteiger charge is 2.31. The van der Waals surface area contributed by atoms with Crippen LogP contribution in [0.1, 0.15) is 24.4 Å². The second-order valence-corrected chi connectivity index (χ2v) is 5.16. The molecule has 2 heterocycles. The molecule has 2 atom stereocenters. The van der Waals surface area contributed by atoms with E-state index in [1.807, 2.05) is 0 Å². The van der Waals surface area contributed by atoms with Crippen molar-refractivity contribution in [3.05, 3.63) is 18.0 Å². The number of hydrogen-bond acceptors (Lipinski definition) is 4. The normalized spacial score (nSPS) is 20.6. The van der Waals surface area contributed by atoms with Gasteiger partial charge in [-0.3, -0.25) is 14.3 Å². The molecular weight excluding hydrogens is 258 g/mol. The van der Waals surface area contributed by atoms with Gasteiger partial charge in [-0.05, 0) is 12.8 Å². The van der Waals surface area contributed by atoms with Crippen LogP contribution in [0.15, 0.2) is 12.4 Å². The van der Waals surface area contributed by atoms with Crippen LogP contribution >= 0.6 is 0 Å². The molecule has 7 nitrogen and oxygen atoms in total. The monoisotopic (exact) mass is 279 g/mol. The second kappa shape index (κ2) is 6.04. The van der Waals surface area contributed by atoms with E-state index in [-0.39, 0.29) is 17.7 Å². The first-order valence-electron chi connectivity index (χ1n) is 6.77. The highest BCUT2D eigenvalue weighted by molar-refractivity contribution is 5.84. The second-order valence-electron chi connectivity index (χ2n) is 5.16. The minimum Gasteiger partial charge on any atom is -0.359 e. The summed E-state index contributed by atoms with van der Waals surface area (Å²) >= 11 is 0. The number of nitrogens with zero attached hydrogens (tertiary/aromatic N) is 3. The van der Waals surface area contributed by atoms with Crippen molar-refractivity contribution in [1.29, 1.82) is 0 Å². The van der Waals surface area contributed by atoms with E-state index in [0.717, 1.165) is 12.8 Å². The van der Waals surface area contributed by atoms with Crippen molar-refractivity contribution >= 4 is 11.8 Å². The minimum atomic E-state index is -0.716. The maximum absolute atomic E-state index is 12.4. The van der Waals surface area contributed by atoms with Gasteiger partial charge < -0.3 is 16.0 Å². The quantitative estimate of drug-likeness (QED) is 0.773. The van der Waals surface area contributed by atoms with E-state index in [9.17, 15) is 9.59 Å². The van der Waals surface area contributed by atoms with Crippen LogP contribution in [-0.4, -0.2) is 46.6 Å². The molecule has 110 valence electrons. The van der Waals surface area contributed by atoms with E-state index < -0.39 is 6.04 Å². The molecular formula is C13H21N5O2. The molecule has 20 heavy (non-hydrogen) atoms. The maximum Gasteiger partial charge on any atom is 0.244 e. The van der Waals surface area contributed by atoms with Crippen molar-refractivity contribution in [3.8, 4) is 0 Å². The van der Waals surface area contributed by atoms with Gasteiger partial charge in [0.15, 0.2) is 0 Å². The molecule has 3 N–H and O–H groups in total. The Morgan fingerprint density at radius 2 is 2.30 bits per heavy atom. The first-order valence-corrected chi connectivity index (χ1v) is 6.77. The summed E-state index contributed by atoms with van der Waals surface area (Å²) in [6.45, 7) is 1.09. The molecule has 2 amide bonds. The molecule has 1 saturated heterocycles. The predicted molar refractivity (Wildman–Crippen MR) is 73.5 cm³/mol. The summed E-state index contributed by atoms with van der Waals surface area (Å²) in [5.41, 5.74) is 6.69. The molecule has 0 aromatic carbocycles. The molecule has 0 spiro atoms. The Bertz CT molecular complexity index is 499. The van der Waals surface area contributed by atoms with Gasteiger partial charge >= 0.3 is 0 Å². The van der Waals surface area contributed by atoms with Crippen molar-refractivity contribution in [2.24, 2.45) is 18.7 Å². The van der Waals surface area contributed by atoms with E-state index in [0.29, 0.717) is 18.7 Å². The molecule has 2 rings (SSSR count). The van der Waals surface area contributed by atoms with E-state index in [4.69, 9.17) is 5.73 Å². The first-order chi connectivity index (χ1) is 9.52. The Hall–Kier alpha value is -1.89. The number of aryl methyl sites for hydroxylation is 1. The molecule has 1 aromatic heterocycles. The molecule has 2 unspecified atom stereocenters. The molecule has 0 bridgehead atoms. The number of nitrogens with one attached hydrogen (secondary N) is 1. The van der Waals surface area contributed by atoms with Crippen LogP contribution in [0.3, 0.4) is 0 Å². The van der Waals surface area contributed by atoms with Crippen LogP contribution in [0.2, 0.25) is 0 Å². The number of hydrogen-bond donors (Lipinski definition) is 2. The van der Waals surface area contributed by atoms with E-state index in [1.54, 1.807) is 36.1 Å². The van der Waals surface area contributed by atoms with Crippen LogP contribution < -0.4 is 11.1 Å². The Balaban J connectivity index is 2.03. The van der Waals surface area contributed by atoms with Gasteiger partial charge in [0, 0.05) is 38.9 Å². The molecule has 0 aliphatic carbocycles. The molecule has 0 saturated carbocycles. The summed E-state index contributed by atoms with van der Waals surface area (Å²) in [6, 6.07) is -0.716. The third-order valence-electron chi connectivity index (χ3n) is 3.70. The molecule has 1 fully saturated rings. The Labute approximate surface area is 118 Å². The van der Waals surface area contributed by atoms with Gasteiger partial charge in [0.05, 0.1) is 12.1 Å². The standard InChI is InChI=1S/C13H21N5O2/c1-15-12(19)9-4-3-5-18(8-9)13(20)11(14)10-6-16-17(2)7-10/h6-7,9,11H,3-5,8,14H2,1-2H3,(H,15,19). The Morgan fingerprint density at radius 3 is 2.90 bits per heavy atom. The zero-order valence-electron chi connectivity index (χ0n) is 11.9. The topological polar surface area (TPSA) is 93.2 Å². The van der Waals surface area contributed by atoms with Crippen LogP contribution in [0.5, 0.6) is 0 Å². The van der Waals surface area contributed by atoms with Crippen LogP contribution in [-0.2, 0) is 16.6 Å². The smallest absolute Gasteiger partial charge is 0.244 e. The van der Waals surface area contributed by atoms with Gasteiger partial charge in [0.1, 0.15) is 6.04 Å². The largest absolute Gasteiger partial charge is 0.359 e. The lowest BCUT2D eigenvalue weighted by molar-refractivity contribution is -0.136. The number of nitrogens with two attached hydrogens (primary N) is 1. The van der Waals surface area contributed by atoms with Crippen LogP contribution in [0.25, 0.3) is 0 Å². The molecule has 7 heteroatoms. The summed E-state index contributed by atoms with van der Waals surface area (Å²) in [5.74, 6) is -0.303. The average Bonchev–Trinajstić information content (AvgIpc) is 2.91. The third-order valence-corrected chi connectivity index (χ3v) is 3.70. The van der Waals surface area contributed by atoms with Crippen LogP contribution in [0, 0.1) is 5.92 Å². The zero-order chi connectivity index (χ0) is 14.7. The number of amides is 2. The third kappa shape index (κ3) is 2.98. The summed E-state index contributed by atoms with van der Waals surface area (Å²) in [6.07, 6.45) is 4.97. The van der Waals surface area contributed by atoms with Crippen molar-refractivity contribution in [3.63, 3.8) is 0 Å². The van der Waals surface area contributed by atoms with Crippen molar-refractivity contribution < 1.29 is 9.59 Å².